The van der Waals surface area contributed by atoms with Gasteiger partial charge in [-0.05, 0) is 125 Å². The van der Waals surface area contributed by atoms with E-state index in [1.807, 2.05) is 25.1 Å². The molecule has 2 fully saturated rings. The smallest absolute Gasteiger partial charge is 0.264 e. The molecule has 1 spiro atoms. The number of likely N-dealkylation sites (N-methyl/N-ethyl adjacent to an activating group) is 1. The number of sulfonamides is 1. The van der Waals surface area contributed by atoms with Crippen LogP contribution >= 0.6 is 11.6 Å². The van der Waals surface area contributed by atoms with Crippen LogP contribution in [0.5, 0.6) is 5.75 Å². The quantitative estimate of drug-likeness (QED) is 0.391. The summed E-state index contributed by atoms with van der Waals surface area (Å²) in [6.07, 6.45) is 7.64. The number of amides is 1. The lowest BCUT2D eigenvalue weighted by molar-refractivity contribution is -0.240. The second-order valence-electron chi connectivity index (χ2n) is 16.3. The van der Waals surface area contributed by atoms with E-state index < -0.39 is 21.2 Å². The SMILES string of the molecule is COCCC1C(C)CCCC([C@H]2OC[C@H](N(C)C)CO2)C2CC[C@H]2CN2CC3(CCCc4cc(Cl)ccc43)COc3ccc(cc32)C(=O)NS1(=O)=O. The highest BCUT2D eigenvalue weighted by Crippen LogP contribution is 2.49. The summed E-state index contributed by atoms with van der Waals surface area (Å²) in [6.45, 7) is 5.56. The van der Waals surface area contributed by atoms with Gasteiger partial charge in [-0.15, -0.1) is 0 Å². The van der Waals surface area contributed by atoms with Gasteiger partial charge in [-0.1, -0.05) is 31.0 Å². The third-order valence-electron chi connectivity index (χ3n) is 12.8. The highest BCUT2D eigenvalue weighted by atomic mass is 35.5. The first-order valence-corrected chi connectivity index (χ1v) is 21.2. The van der Waals surface area contributed by atoms with Crippen molar-refractivity contribution >= 4 is 33.2 Å². The number of fused-ring (bicyclic) bond motifs is 4. The van der Waals surface area contributed by atoms with Gasteiger partial charge in [0.1, 0.15) is 5.75 Å². The van der Waals surface area contributed by atoms with E-state index in [1.165, 1.54) is 11.1 Å². The minimum atomic E-state index is -4.02. The van der Waals surface area contributed by atoms with Crippen molar-refractivity contribution in [3.63, 3.8) is 0 Å². The molecule has 1 amide bonds. The lowest BCUT2D eigenvalue weighted by atomic mass is 9.64. The zero-order valence-electron chi connectivity index (χ0n) is 31.2. The highest BCUT2D eigenvalue weighted by molar-refractivity contribution is 7.90. The Morgan fingerprint density at radius 2 is 1.85 bits per heavy atom. The Morgan fingerprint density at radius 3 is 2.58 bits per heavy atom. The van der Waals surface area contributed by atoms with E-state index in [0.29, 0.717) is 55.8 Å². The molecule has 6 atom stereocenters. The molecule has 2 aliphatic carbocycles. The molecule has 3 aliphatic heterocycles. The molecule has 0 radical (unpaired) electrons. The first-order chi connectivity index (χ1) is 25.0. The molecule has 52 heavy (non-hydrogen) atoms. The van der Waals surface area contributed by atoms with Crippen molar-refractivity contribution in [3.05, 3.63) is 58.1 Å². The van der Waals surface area contributed by atoms with Crippen LogP contribution in [0.1, 0.15) is 79.8 Å². The molecule has 2 aromatic rings. The van der Waals surface area contributed by atoms with E-state index in [2.05, 4.69) is 40.7 Å². The number of hydrogen-bond donors (Lipinski definition) is 1. The van der Waals surface area contributed by atoms with Gasteiger partial charge in [-0.3, -0.25) is 4.79 Å². The Morgan fingerprint density at radius 1 is 1.04 bits per heavy atom. The molecular formula is C40H56ClN3O7S. The van der Waals surface area contributed by atoms with E-state index in [0.717, 1.165) is 68.7 Å². The molecule has 5 unspecified atom stereocenters. The predicted molar refractivity (Wildman–Crippen MR) is 203 cm³/mol. The van der Waals surface area contributed by atoms with Crippen LogP contribution < -0.4 is 14.4 Å². The maximum absolute atomic E-state index is 13.9. The van der Waals surface area contributed by atoms with Gasteiger partial charge in [0.15, 0.2) is 6.29 Å². The van der Waals surface area contributed by atoms with Gasteiger partial charge in [-0.2, -0.15) is 0 Å². The van der Waals surface area contributed by atoms with Gasteiger partial charge in [0, 0.05) is 48.7 Å². The summed E-state index contributed by atoms with van der Waals surface area (Å²) >= 11 is 6.49. The number of nitrogens with one attached hydrogen (secondary N) is 1. The fraction of sp³-hybridized carbons (Fsp3) is 0.675. The van der Waals surface area contributed by atoms with Crippen molar-refractivity contribution in [1.82, 2.24) is 9.62 Å². The van der Waals surface area contributed by atoms with Crippen molar-refractivity contribution < 1.29 is 32.2 Å². The average molecular weight is 758 g/mol. The van der Waals surface area contributed by atoms with Crippen molar-refractivity contribution in [2.75, 3.05) is 65.6 Å². The lowest BCUT2D eigenvalue weighted by Crippen LogP contribution is -2.52. The summed E-state index contributed by atoms with van der Waals surface area (Å²) in [4.78, 5) is 18.4. The van der Waals surface area contributed by atoms with Crippen LogP contribution in [-0.4, -0.2) is 97.5 Å². The molecule has 3 heterocycles. The number of carbonyl (C=O) groups is 1. The Hall–Kier alpha value is -2.41. The highest BCUT2D eigenvalue weighted by Gasteiger charge is 2.47. The van der Waals surface area contributed by atoms with Crippen molar-refractivity contribution in [1.29, 1.82) is 0 Å². The Balaban J connectivity index is 1.27. The van der Waals surface area contributed by atoms with Gasteiger partial charge in [0.25, 0.3) is 5.91 Å². The second kappa shape index (κ2) is 15.7. The monoisotopic (exact) mass is 757 g/mol. The van der Waals surface area contributed by atoms with E-state index in [9.17, 15) is 13.2 Å². The van der Waals surface area contributed by atoms with Crippen molar-refractivity contribution in [2.24, 2.45) is 23.7 Å². The van der Waals surface area contributed by atoms with Gasteiger partial charge >= 0.3 is 0 Å². The third-order valence-corrected chi connectivity index (χ3v) is 15.0. The molecule has 1 saturated heterocycles. The summed E-state index contributed by atoms with van der Waals surface area (Å²) < 4.78 is 55.4. The topological polar surface area (TPSA) is 107 Å². The van der Waals surface area contributed by atoms with Crippen LogP contribution in [0.4, 0.5) is 5.69 Å². The fourth-order valence-corrected chi connectivity index (χ4v) is 11.5. The molecular weight excluding hydrogens is 702 g/mol. The number of carbonyl (C=O) groups excluding carboxylic acids is 1. The molecule has 286 valence electrons. The lowest BCUT2D eigenvalue weighted by Gasteiger charge is -2.49. The third kappa shape index (κ3) is 7.73. The average Bonchev–Trinajstić information content (AvgIpc) is 3.25. The number of nitrogens with zero attached hydrogens (tertiary/aromatic N) is 2. The zero-order valence-corrected chi connectivity index (χ0v) is 32.7. The molecule has 1 saturated carbocycles. The number of ether oxygens (including phenoxy) is 4. The van der Waals surface area contributed by atoms with E-state index in [-0.39, 0.29) is 36.2 Å². The summed E-state index contributed by atoms with van der Waals surface area (Å²) in [5.74, 6) is 0.896. The Kier molecular flexibility index (Phi) is 11.5. The minimum Gasteiger partial charge on any atom is -0.490 e. The number of rotatable bonds is 5. The predicted octanol–water partition coefficient (Wildman–Crippen LogP) is 6.04. The molecule has 1 N–H and O–H groups in total. The molecule has 10 nitrogen and oxygen atoms in total. The number of benzene rings is 2. The normalized spacial score (nSPS) is 33.6. The molecule has 2 bridgehead atoms. The van der Waals surface area contributed by atoms with Crippen LogP contribution in [0.2, 0.25) is 5.02 Å². The first kappa shape index (κ1) is 37.9. The first-order valence-electron chi connectivity index (χ1n) is 19.2. The van der Waals surface area contributed by atoms with Gasteiger partial charge in [0.05, 0.1) is 36.8 Å². The Labute approximate surface area is 314 Å². The summed E-state index contributed by atoms with van der Waals surface area (Å²) in [5, 5.41) is -0.0295. The van der Waals surface area contributed by atoms with Crippen LogP contribution in [-0.2, 0) is 36.1 Å². The van der Waals surface area contributed by atoms with Crippen LogP contribution in [0.15, 0.2) is 36.4 Å². The fourth-order valence-electron chi connectivity index (χ4n) is 9.63. The second-order valence-corrected chi connectivity index (χ2v) is 18.6. The van der Waals surface area contributed by atoms with Crippen LogP contribution in [0.25, 0.3) is 0 Å². The van der Waals surface area contributed by atoms with Crippen LogP contribution in [0, 0.1) is 23.7 Å². The molecule has 2 aromatic carbocycles. The number of anilines is 1. The maximum atomic E-state index is 13.9. The largest absolute Gasteiger partial charge is 0.490 e. The molecule has 7 rings (SSSR count). The minimum absolute atomic E-state index is 0.183. The van der Waals surface area contributed by atoms with Crippen molar-refractivity contribution in [2.45, 2.75) is 87.7 Å². The Bertz CT molecular complexity index is 1700. The summed E-state index contributed by atoms with van der Waals surface area (Å²) in [7, 11) is 1.68. The molecule has 5 aliphatic rings. The summed E-state index contributed by atoms with van der Waals surface area (Å²) in [6, 6.07) is 11.9. The van der Waals surface area contributed by atoms with Gasteiger partial charge < -0.3 is 28.7 Å². The number of hydrogen-bond acceptors (Lipinski definition) is 9. The van der Waals surface area contributed by atoms with Crippen LogP contribution in [0.3, 0.4) is 0 Å². The van der Waals surface area contributed by atoms with E-state index in [4.69, 9.17) is 30.5 Å². The van der Waals surface area contributed by atoms with E-state index in [1.54, 1.807) is 13.2 Å². The summed E-state index contributed by atoms with van der Waals surface area (Å²) in [5.41, 5.74) is 3.43. The van der Waals surface area contributed by atoms with Gasteiger partial charge in [-0.25, -0.2) is 13.1 Å². The standard InChI is InChI=1S/C40H56ClN3O7S/c1-26-7-5-9-33(39-49-22-31(23-50-39)43(2)3)32-13-10-29(32)21-44-24-40(17-6-8-27-19-30(41)12-14-34(27)40)25-51-36-15-11-28(20-35(36)44)38(45)42-52(46,47)37(26)16-18-48-4/h11-12,14-15,19-20,26,29,31-33,37,39H,5-10,13,16-18,21-25H2,1-4H3,(H,42,45)/t26?,29-,31-,32?,33?,37?,39-,40?/m0/s1. The van der Waals surface area contributed by atoms with Gasteiger partial charge in [0.2, 0.25) is 10.0 Å². The van der Waals surface area contributed by atoms with E-state index >= 15 is 0 Å². The number of halogens is 1. The molecule has 0 aromatic heterocycles. The maximum Gasteiger partial charge on any atom is 0.264 e. The molecule has 12 heteroatoms. The zero-order chi connectivity index (χ0) is 36.6. The number of aryl methyl sites for hydroxylation is 1. The number of methoxy groups -OCH3 is 1. The van der Waals surface area contributed by atoms with Crippen molar-refractivity contribution in [3.8, 4) is 5.75 Å².